The van der Waals surface area contributed by atoms with Gasteiger partial charge in [0.15, 0.2) is 0 Å². The van der Waals surface area contributed by atoms with Gasteiger partial charge < -0.3 is 19.9 Å². The SMILES string of the molecule is COCCOC1C(N)CC1Oc1cc(C)ccc1C. The van der Waals surface area contributed by atoms with Crippen LogP contribution in [0.15, 0.2) is 18.2 Å². The predicted molar refractivity (Wildman–Crippen MR) is 74.5 cm³/mol. The van der Waals surface area contributed by atoms with Gasteiger partial charge in [-0.1, -0.05) is 12.1 Å². The lowest BCUT2D eigenvalue weighted by atomic mass is 9.86. The Morgan fingerprint density at radius 2 is 2.05 bits per heavy atom. The van der Waals surface area contributed by atoms with Crippen molar-refractivity contribution in [2.75, 3.05) is 20.3 Å². The van der Waals surface area contributed by atoms with Crippen molar-refractivity contribution >= 4 is 0 Å². The van der Waals surface area contributed by atoms with Crippen LogP contribution in [-0.2, 0) is 9.47 Å². The van der Waals surface area contributed by atoms with E-state index in [4.69, 9.17) is 19.9 Å². The van der Waals surface area contributed by atoms with Gasteiger partial charge in [-0.2, -0.15) is 0 Å². The van der Waals surface area contributed by atoms with Gasteiger partial charge in [-0.05, 0) is 31.0 Å². The summed E-state index contributed by atoms with van der Waals surface area (Å²) in [6, 6.07) is 6.28. The summed E-state index contributed by atoms with van der Waals surface area (Å²) in [6.45, 7) is 5.25. The molecule has 0 aromatic heterocycles. The molecule has 1 saturated carbocycles. The van der Waals surface area contributed by atoms with E-state index < -0.39 is 0 Å². The number of aryl methyl sites for hydroxylation is 2. The Morgan fingerprint density at radius 1 is 1.26 bits per heavy atom. The van der Waals surface area contributed by atoms with Gasteiger partial charge in [0, 0.05) is 19.6 Å². The highest BCUT2D eigenvalue weighted by atomic mass is 16.6. The first-order chi connectivity index (χ1) is 9.11. The molecule has 1 aromatic rings. The minimum Gasteiger partial charge on any atom is -0.487 e. The first-order valence-corrected chi connectivity index (χ1v) is 6.72. The molecule has 0 saturated heterocycles. The van der Waals surface area contributed by atoms with E-state index >= 15 is 0 Å². The average molecular weight is 265 g/mol. The van der Waals surface area contributed by atoms with E-state index in [0.29, 0.717) is 13.2 Å². The number of benzene rings is 1. The molecular formula is C15H23NO3. The molecular weight excluding hydrogens is 242 g/mol. The van der Waals surface area contributed by atoms with Crippen LogP contribution in [0.4, 0.5) is 0 Å². The summed E-state index contributed by atoms with van der Waals surface area (Å²) in [6.07, 6.45) is 0.854. The molecule has 106 valence electrons. The van der Waals surface area contributed by atoms with E-state index in [2.05, 4.69) is 25.1 Å². The van der Waals surface area contributed by atoms with Crippen LogP contribution in [-0.4, -0.2) is 38.6 Å². The van der Waals surface area contributed by atoms with Crippen molar-refractivity contribution in [1.82, 2.24) is 0 Å². The van der Waals surface area contributed by atoms with Crippen molar-refractivity contribution in [3.8, 4) is 5.75 Å². The molecule has 0 bridgehead atoms. The maximum atomic E-state index is 6.03. The highest BCUT2D eigenvalue weighted by molar-refractivity contribution is 5.36. The van der Waals surface area contributed by atoms with Crippen LogP contribution in [0.3, 0.4) is 0 Å². The van der Waals surface area contributed by atoms with Crippen LogP contribution in [0.1, 0.15) is 17.5 Å². The summed E-state index contributed by atoms with van der Waals surface area (Å²) >= 11 is 0. The highest BCUT2D eigenvalue weighted by Crippen LogP contribution is 2.30. The summed E-state index contributed by atoms with van der Waals surface area (Å²) in [5.74, 6) is 0.928. The van der Waals surface area contributed by atoms with E-state index in [1.807, 2.05) is 6.92 Å². The summed E-state index contributed by atoms with van der Waals surface area (Å²) < 4.78 is 16.7. The van der Waals surface area contributed by atoms with E-state index in [1.165, 1.54) is 5.56 Å². The second-order valence-electron chi connectivity index (χ2n) is 5.15. The first-order valence-electron chi connectivity index (χ1n) is 6.72. The zero-order valence-corrected chi connectivity index (χ0v) is 11.9. The number of ether oxygens (including phenoxy) is 3. The van der Waals surface area contributed by atoms with Crippen LogP contribution >= 0.6 is 0 Å². The zero-order valence-electron chi connectivity index (χ0n) is 11.9. The topological polar surface area (TPSA) is 53.7 Å². The molecule has 3 unspecified atom stereocenters. The molecule has 2 rings (SSSR count). The summed E-state index contributed by atoms with van der Waals surface area (Å²) in [7, 11) is 1.66. The summed E-state index contributed by atoms with van der Waals surface area (Å²) in [5, 5.41) is 0. The van der Waals surface area contributed by atoms with Gasteiger partial charge in [0.2, 0.25) is 0 Å². The van der Waals surface area contributed by atoms with E-state index in [0.717, 1.165) is 17.7 Å². The van der Waals surface area contributed by atoms with E-state index in [1.54, 1.807) is 7.11 Å². The first kappa shape index (κ1) is 14.3. The lowest BCUT2D eigenvalue weighted by Crippen LogP contribution is -2.59. The fourth-order valence-electron chi connectivity index (χ4n) is 2.23. The number of hydrogen-bond donors (Lipinski definition) is 1. The Hall–Kier alpha value is -1.10. The Morgan fingerprint density at radius 3 is 2.74 bits per heavy atom. The molecule has 1 aliphatic carbocycles. The van der Waals surface area contributed by atoms with Crippen molar-refractivity contribution < 1.29 is 14.2 Å². The fraction of sp³-hybridized carbons (Fsp3) is 0.600. The lowest BCUT2D eigenvalue weighted by Gasteiger charge is -2.42. The molecule has 19 heavy (non-hydrogen) atoms. The second kappa shape index (κ2) is 6.37. The molecule has 0 spiro atoms. The van der Waals surface area contributed by atoms with Gasteiger partial charge in [-0.25, -0.2) is 0 Å². The van der Waals surface area contributed by atoms with Crippen molar-refractivity contribution in [2.45, 2.75) is 38.5 Å². The molecule has 0 aliphatic heterocycles. The maximum Gasteiger partial charge on any atom is 0.128 e. The van der Waals surface area contributed by atoms with Gasteiger partial charge in [-0.15, -0.1) is 0 Å². The number of nitrogens with two attached hydrogens (primary N) is 1. The molecule has 0 amide bonds. The predicted octanol–water partition coefficient (Wildman–Crippen LogP) is 1.81. The lowest BCUT2D eigenvalue weighted by molar-refractivity contribution is -0.107. The third kappa shape index (κ3) is 3.47. The molecule has 1 aliphatic rings. The van der Waals surface area contributed by atoms with Crippen LogP contribution in [0.5, 0.6) is 5.75 Å². The monoisotopic (exact) mass is 265 g/mol. The largest absolute Gasteiger partial charge is 0.487 e. The summed E-state index contributed by atoms with van der Waals surface area (Å²) in [4.78, 5) is 0. The van der Waals surface area contributed by atoms with Crippen LogP contribution in [0.2, 0.25) is 0 Å². The third-order valence-corrected chi connectivity index (χ3v) is 3.51. The third-order valence-electron chi connectivity index (χ3n) is 3.51. The molecule has 4 nitrogen and oxygen atoms in total. The van der Waals surface area contributed by atoms with Gasteiger partial charge >= 0.3 is 0 Å². The van der Waals surface area contributed by atoms with Gasteiger partial charge in [-0.3, -0.25) is 0 Å². The smallest absolute Gasteiger partial charge is 0.128 e. The fourth-order valence-corrected chi connectivity index (χ4v) is 2.23. The van der Waals surface area contributed by atoms with Crippen molar-refractivity contribution in [3.05, 3.63) is 29.3 Å². The highest BCUT2D eigenvalue weighted by Gasteiger charge is 2.41. The van der Waals surface area contributed by atoms with Crippen molar-refractivity contribution in [2.24, 2.45) is 5.73 Å². The van der Waals surface area contributed by atoms with Crippen molar-refractivity contribution in [1.29, 1.82) is 0 Å². The van der Waals surface area contributed by atoms with E-state index in [9.17, 15) is 0 Å². The molecule has 0 heterocycles. The van der Waals surface area contributed by atoms with Crippen LogP contribution < -0.4 is 10.5 Å². The molecule has 1 fully saturated rings. The normalized spacial score (nSPS) is 26.0. The maximum absolute atomic E-state index is 6.03. The zero-order chi connectivity index (χ0) is 13.8. The average Bonchev–Trinajstić information content (AvgIpc) is 2.38. The summed E-state index contributed by atoms with van der Waals surface area (Å²) in [5.41, 5.74) is 8.31. The second-order valence-corrected chi connectivity index (χ2v) is 5.15. The quantitative estimate of drug-likeness (QED) is 0.797. The Balaban J connectivity index is 1.93. The Labute approximate surface area is 114 Å². The number of rotatable bonds is 6. The minimum absolute atomic E-state index is 0.0323. The molecule has 2 N–H and O–H groups in total. The Kier molecular flexibility index (Phi) is 4.80. The van der Waals surface area contributed by atoms with Gasteiger partial charge in [0.05, 0.1) is 13.2 Å². The standard InChI is InChI=1S/C15H23NO3/c1-10-4-5-11(2)13(8-10)19-14-9-12(16)15(14)18-7-6-17-3/h4-5,8,12,14-15H,6-7,9,16H2,1-3H3. The number of methoxy groups -OCH3 is 1. The molecule has 4 heteroatoms. The molecule has 0 radical (unpaired) electrons. The number of hydrogen-bond acceptors (Lipinski definition) is 4. The van der Waals surface area contributed by atoms with Crippen LogP contribution in [0.25, 0.3) is 0 Å². The van der Waals surface area contributed by atoms with Gasteiger partial charge in [0.25, 0.3) is 0 Å². The Bertz CT molecular complexity index is 422. The van der Waals surface area contributed by atoms with Crippen molar-refractivity contribution in [3.63, 3.8) is 0 Å². The molecule has 3 atom stereocenters. The molecule has 1 aromatic carbocycles. The van der Waals surface area contributed by atoms with Crippen LogP contribution in [0, 0.1) is 13.8 Å². The van der Waals surface area contributed by atoms with E-state index in [-0.39, 0.29) is 18.2 Å². The van der Waals surface area contributed by atoms with Gasteiger partial charge in [0.1, 0.15) is 18.0 Å². The minimum atomic E-state index is -0.0323.